The van der Waals surface area contributed by atoms with Crippen molar-refractivity contribution in [3.05, 3.63) is 36.5 Å². The number of hydrogen-bond donors (Lipinski definition) is 1. The Bertz CT molecular complexity index is 1440. The van der Waals surface area contributed by atoms with Gasteiger partial charge in [0.25, 0.3) is 6.43 Å². The van der Waals surface area contributed by atoms with E-state index < -0.39 is 31.0 Å². The van der Waals surface area contributed by atoms with Crippen molar-refractivity contribution in [1.29, 1.82) is 0 Å². The Balaban J connectivity index is 1.32. The van der Waals surface area contributed by atoms with Crippen LogP contribution in [0.25, 0.3) is 27.7 Å². The third kappa shape index (κ3) is 4.35. The number of nitrogens with zero attached hydrogens (tertiary/aromatic N) is 6. The summed E-state index contributed by atoms with van der Waals surface area (Å²) in [6, 6.07) is 4.66. The second kappa shape index (κ2) is 9.45. The van der Waals surface area contributed by atoms with Gasteiger partial charge in [0.2, 0.25) is 11.8 Å². The third-order valence-corrected chi connectivity index (χ3v) is 7.01. The number of benzene rings is 1. The number of ether oxygens (including phenoxy) is 2. The molecule has 0 radical (unpaired) electrons. The number of fused-ring (bicyclic) bond motifs is 2. The molecule has 0 saturated carbocycles. The highest BCUT2D eigenvalue weighted by Gasteiger charge is 2.36. The van der Waals surface area contributed by atoms with Crippen molar-refractivity contribution in [3.8, 4) is 17.0 Å². The Morgan fingerprint density at radius 1 is 1.27 bits per heavy atom. The molecule has 37 heavy (non-hydrogen) atoms. The Morgan fingerprint density at radius 2 is 2.11 bits per heavy atom. The summed E-state index contributed by atoms with van der Waals surface area (Å²) >= 11 is 0. The molecule has 1 N–H and O–H groups in total. The first-order chi connectivity index (χ1) is 17.9. The van der Waals surface area contributed by atoms with Crippen LogP contribution in [-0.4, -0.2) is 87.1 Å². The van der Waals surface area contributed by atoms with E-state index in [1.807, 2.05) is 0 Å². The van der Waals surface area contributed by atoms with Gasteiger partial charge in [-0.2, -0.15) is 4.98 Å². The van der Waals surface area contributed by atoms with Gasteiger partial charge >= 0.3 is 0 Å². The van der Waals surface area contributed by atoms with E-state index in [0.717, 1.165) is 6.54 Å². The molecular formula is C24H25F4N7O2. The van der Waals surface area contributed by atoms with E-state index in [9.17, 15) is 13.2 Å². The number of methoxy groups -OCH3 is 1. The lowest BCUT2D eigenvalue weighted by molar-refractivity contribution is -0.0794. The van der Waals surface area contributed by atoms with Crippen molar-refractivity contribution in [3.63, 3.8) is 0 Å². The minimum absolute atomic E-state index is 0.0945. The van der Waals surface area contributed by atoms with Crippen molar-refractivity contribution in [2.75, 3.05) is 38.7 Å². The Morgan fingerprint density at radius 3 is 2.81 bits per heavy atom. The Kier molecular flexibility index (Phi) is 6.11. The first-order valence-corrected chi connectivity index (χ1v) is 12.0. The van der Waals surface area contributed by atoms with Crippen LogP contribution in [0.4, 0.5) is 23.5 Å². The monoisotopic (exact) mass is 519 g/mol. The van der Waals surface area contributed by atoms with Crippen molar-refractivity contribution in [2.24, 2.45) is 0 Å². The quantitative estimate of drug-likeness (QED) is 0.375. The number of anilines is 1. The highest BCUT2D eigenvalue weighted by molar-refractivity contribution is 5.90. The van der Waals surface area contributed by atoms with E-state index in [4.69, 9.17) is 9.47 Å². The number of aromatic nitrogens is 5. The molecule has 2 saturated heterocycles. The van der Waals surface area contributed by atoms with Crippen LogP contribution in [0.1, 0.15) is 6.42 Å². The number of piperidine rings is 1. The number of halogens is 4. The molecule has 2 fully saturated rings. The van der Waals surface area contributed by atoms with Crippen LogP contribution in [0, 0.1) is 5.82 Å². The van der Waals surface area contributed by atoms with E-state index in [0.29, 0.717) is 36.2 Å². The fourth-order valence-electron chi connectivity index (χ4n) is 5.03. The average Bonchev–Trinajstić information content (AvgIpc) is 3.38. The van der Waals surface area contributed by atoms with Crippen molar-refractivity contribution in [2.45, 2.75) is 37.6 Å². The summed E-state index contributed by atoms with van der Waals surface area (Å²) in [6.07, 6.45) is -0.623. The van der Waals surface area contributed by atoms with E-state index in [-0.39, 0.29) is 35.5 Å². The summed E-state index contributed by atoms with van der Waals surface area (Å²) in [5, 5.41) is 7.41. The number of imidazole rings is 1. The van der Waals surface area contributed by atoms with Gasteiger partial charge in [0, 0.05) is 13.1 Å². The van der Waals surface area contributed by atoms with Crippen LogP contribution >= 0.6 is 0 Å². The Hall–Kier alpha value is -3.45. The summed E-state index contributed by atoms with van der Waals surface area (Å²) in [5.74, 6) is -0.384. The minimum atomic E-state index is -2.56. The molecule has 5 heterocycles. The number of rotatable bonds is 7. The van der Waals surface area contributed by atoms with E-state index >= 15 is 4.39 Å². The van der Waals surface area contributed by atoms with Gasteiger partial charge in [0.1, 0.15) is 11.7 Å². The first kappa shape index (κ1) is 23.9. The summed E-state index contributed by atoms with van der Waals surface area (Å²) in [6.45, 7) is 1.75. The fraction of sp³-hybridized carbons (Fsp3) is 0.458. The second-order valence-corrected chi connectivity index (χ2v) is 9.32. The predicted molar refractivity (Wildman–Crippen MR) is 127 cm³/mol. The lowest BCUT2D eigenvalue weighted by Gasteiger charge is -2.42. The molecule has 0 bridgehead atoms. The molecule has 13 heteroatoms. The molecular weight excluding hydrogens is 494 g/mol. The minimum Gasteiger partial charge on any atom is -0.479 e. The van der Waals surface area contributed by atoms with E-state index in [1.54, 1.807) is 18.2 Å². The van der Waals surface area contributed by atoms with Gasteiger partial charge in [0.05, 0.1) is 68.1 Å². The van der Waals surface area contributed by atoms with Gasteiger partial charge in [-0.05, 0) is 24.1 Å². The number of nitrogens with one attached hydrogen (secondary N) is 1. The highest BCUT2D eigenvalue weighted by atomic mass is 19.3. The number of hydrogen-bond acceptors (Lipinski definition) is 7. The molecule has 6 rings (SSSR count). The van der Waals surface area contributed by atoms with Gasteiger partial charge < -0.3 is 19.4 Å². The molecule has 0 amide bonds. The second-order valence-electron chi connectivity index (χ2n) is 9.32. The van der Waals surface area contributed by atoms with Crippen molar-refractivity contribution < 1.29 is 27.0 Å². The topological polar surface area (TPSA) is 81.7 Å². The molecule has 9 nitrogen and oxygen atoms in total. The smallest absolute Gasteiger partial charge is 0.256 e. The summed E-state index contributed by atoms with van der Waals surface area (Å²) < 4.78 is 69.5. The van der Waals surface area contributed by atoms with Crippen LogP contribution in [0.5, 0.6) is 5.88 Å². The van der Waals surface area contributed by atoms with E-state index in [1.165, 1.54) is 28.7 Å². The summed E-state index contributed by atoms with van der Waals surface area (Å²) in [4.78, 5) is 10.6. The number of alkyl halides is 3. The van der Waals surface area contributed by atoms with Gasteiger partial charge in [-0.25, -0.2) is 27.1 Å². The Labute approximate surface area is 209 Å². The maximum atomic E-state index is 15.3. The fourth-order valence-corrected chi connectivity index (χ4v) is 5.03. The predicted octanol–water partition coefficient (Wildman–Crippen LogP) is 3.38. The molecule has 3 aromatic heterocycles. The molecule has 0 unspecified atom stereocenters. The highest BCUT2D eigenvalue weighted by Crippen LogP contribution is 2.35. The maximum absolute atomic E-state index is 15.3. The van der Waals surface area contributed by atoms with Gasteiger partial charge in [-0.15, -0.1) is 5.10 Å². The zero-order valence-corrected chi connectivity index (χ0v) is 20.0. The van der Waals surface area contributed by atoms with Gasteiger partial charge in [0.15, 0.2) is 5.82 Å². The standard InChI is InChI=1S/C24H25F4N7O2/c1-36-23-22-21(13-2-3-18-19(6-13)34(12-29-18)9-20(27)28)16(26)8-35(22)32-24(31-23)30-17-4-5-33(7-15(17)25)14-10-37-11-14/h2-3,6,8,12,14-15,17,20H,4-5,7,9-11H2,1H3,(H,30,32)/t15-,17+/m0/s1. The third-order valence-electron chi connectivity index (χ3n) is 7.01. The van der Waals surface area contributed by atoms with Crippen LogP contribution in [-0.2, 0) is 11.3 Å². The van der Waals surface area contributed by atoms with E-state index in [2.05, 4.69) is 25.3 Å². The van der Waals surface area contributed by atoms with Crippen molar-refractivity contribution in [1.82, 2.24) is 29.0 Å². The molecule has 0 spiro atoms. The maximum Gasteiger partial charge on any atom is 0.256 e. The lowest BCUT2D eigenvalue weighted by Crippen LogP contribution is -2.57. The summed E-state index contributed by atoms with van der Waals surface area (Å²) in [7, 11) is 1.40. The first-order valence-electron chi connectivity index (χ1n) is 12.0. The normalized spacial score (nSPS) is 21.1. The van der Waals surface area contributed by atoms with Crippen LogP contribution in [0.3, 0.4) is 0 Å². The zero-order chi connectivity index (χ0) is 25.7. The average molecular weight is 520 g/mol. The van der Waals surface area contributed by atoms with Crippen molar-refractivity contribution >= 4 is 22.5 Å². The largest absolute Gasteiger partial charge is 0.479 e. The van der Waals surface area contributed by atoms with Gasteiger partial charge in [-0.1, -0.05) is 6.07 Å². The molecule has 196 valence electrons. The molecule has 2 aliphatic rings. The zero-order valence-electron chi connectivity index (χ0n) is 20.0. The SMILES string of the molecule is COc1nc(N[C@@H]2CCN(C3COC3)C[C@@H]2F)nn2cc(F)c(-c3ccc4ncn(CC(F)F)c4c3)c12. The van der Waals surface area contributed by atoms with Crippen LogP contribution < -0.4 is 10.1 Å². The lowest BCUT2D eigenvalue weighted by atomic mass is 10.0. The number of likely N-dealkylation sites (tertiary alicyclic amines) is 1. The molecule has 1 aromatic carbocycles. The molecule has 0 aliphatic carbocycles. The molecule has 2 aliphatic heterocycles. The van der Waals surface area contributed by atoms with Crippen LogP contribution in [0.2, 0.25) is 0 Å². The van der Waals surface area contributed by atoms with Crippen LogP contribution in [0.15, 0.2) is 30.7 Å². The molecule has 4 aromatic rings. The van der Waals surface area contributed by atoms with Gasteiger partial charge in [-0.3, -0.25) is 4.90 Å². The summed E-state index contributed by atoms with van der Waals surface area (Å²) in [5.41, 5.74) is 1.82. The molecule has 2 atom stereocenters.